The van der Waals surface area contributed by atoms with Crippen molar-refractivity contribution < 1.29 is 14.6 Å². The monoisotopic (exact) mass is 289 g/mol. The summed E-state index contributed by atoms with van der Waals surface area (Å²) in [5.41, 5.74) is 2.68. The molecule has 0 bridgehead atoms. The van der Waals surface area contributed by atoms with Gasteiger partial charge in [-0.25, -0.2) is 0 Å². The molecule has 3 rings (SSSR count). The summed E-state index contributed by atoms with van der Waals surface area (Å²) in [6.45, 7) is 3.55. The number of benzene rings is 1. The number of nitrogens with zero attached hydrogens (tertiary/aromatic N) is 1. The van der Waals surface area contributed by atoms with E-state index < -0.39 is 5.97 Å². The third-order valence-corrected chi connectivity index (χ3v) is 4.71. The summed E-state index contributed by atoms with van der Waals surface area (Å²) in [4.78, 5) is 13.2. The van der Waals surface area contributed by atoms with Gasteiger partial charge >= 0.3 is 5.97 Å². The van der Waals surface area contributed by atoms with Crippen LogP contribution in [-0.2, 0) is 16.1 Å². The summed E-state index contributed by atoms with van der Waals surface area (Å²) >= 11 is 0. The third-order valence-electron chi connectivity index (χ3n) is 4.71. The molecule has 4 nitrogen and oxygen atoms in total. The molecule has 1 aromatic rings. The van der Waals surface area contributed by atoms with Gasteiger partial charge in [0, 0.05) is 13.0 Å². The van der Waals surface area contributed by atoms with Crippen molar-refractivity contribution in [3.8, 4) is 0 Å². The fourth-order valence-corrected chi connectivity index (χ4v) is 3.61. The second-order valence-electron chi connectivity index (χ2n) is 6.17. The fraction of sp³-hybridized carbons (Fsp3) is 0.588. The van der Waals surface area contributed by atoms with Gasteiger partial charge in [-0.05, 0) is 42.9 Å². The standard InChI is InChI=1S/C17H23NO3/c19-17(20)8-7-13-4-3-9-18(10-13)16-12-21-11-14-5-1-2-6-15(14)16/h1-2,5-6,13,16H,3-4,7-12H2,(H,19,20). The Labute approximate surface area is 125 Å². The molecule has 21 heavy (non-hydrogen) atoms. The lowest BCUT2D eigenvalue weighted by Gasteiger charge is -2.40. The first kappa shape index (κ1) is 14.5. The molecule has 2 heterocycles. The van der Waals surface area contributed by atoms with Crippen molar-refractivity contribution in [3.05, 3.63) is 35.4 Å². The number of ether oxygens (including phenoxy) is 1. The van der Waals surface area contributed by atoms with Crippen LogP contribution in [0.5, 0.6) is 0 Å². The first-order valence-corrected chi connectivity index (χ1v) is 7.85. The molecule has 2 aliphatic heterocycles. The Bertz CT molecular complexity index is 503. The van der Waals surface area contributed by atoms with E-state index in [0.717, 1.165) is 39.0 Å². The molecule has 1 saturated heterocycles. The van der Waals surface area contributed by atoms with E-state index in [0.29, 0.717) is 18.6 Å². The van der Waals surface area contributed by atoms with Crippen LogP contribution < -0.4 is 0 Å². The zero-order valence-electron chi connectivity index (χ0n) is 12.3. The van der Waals surface area contributed by atoms with Gasteiger partial charge in [0.05, 0.1) is 19.3 Å². The van der Waals surface area contributed by atoms with Crippen LogP contribution in [0, 0.1) is 5.92 Å². The molecular weight excluding hydrogens is 266 g/mol. The molecule has 114 valence electrons. The van der Waals surface area contributed by atoms with E-state index in [4.69, 9.17) is 9.84 Å². The molecule has 0 spiro atoms. The van der Waals surface area contributed by atoms with Gasteiger partial charge < -0.3 is 9.84 Å². The summed E-state index contributed by atoms with van der Waals surface area (Å²) in [5, 5.41) is 8.86. The number of aliphatic carboxylic acids is 1. The smallest absolute Gasteiger partial charge is 0.303 e. The molecule has 1 fully saturated rings. The third kappa shape index (κ3) is 3.44. The summed E-state index contributed by atoms with van der Waals surface area (Å²) in [5.74, 6) is -0.178. The molecule has 1 N–H and O–H groups in total. The molecule has 0 saturated carbocycles. The summed E-state index contributed by atoms with van der Waals surface area (Å²) in [7, 11) is 0. The van der Waals surface area contributed by atoms with Crippen molar-refractivity contribution in [3.63, 3.8) is 0 Å². The number of carboxylic acids is 1. The second kappa shape index (κ2) is 6.58. The Hall–Kier alpha value is -1.39. The summed E-state index contributed by atoms with van der Waals surface area (Å²) in [6, 6.07) is 8.86. The number of piperidine rings is 1. The van der Waals surface area contributed by atoms with Gasteiger partial charge in [0.1, 0.15) is 0 Å². The van der Waals surface area contributed by atoms with Crippen LogP contribution in [-0.4, -0.2) is 35.7 Å². The molecule has 0 amide bonds. The SMILES string of the molecule is O=C(O)CCC1CCCN(C2COCc3ccccc32)C1. The highest BCUT2D eigenvalue weighted by Gasteiger charge is 2.30. The lowest BCUT2D eigenvalue weighted by Crippen LogP contribution is -2.41. The van der Waals surface area contributed by atoms with E-state index in [-0.39, 0.29) is 6.42 Å². The minimum atomic E-state index is -0.682. The highest BCUT2D eigenvalue weighted by atomic mass is 16.5. The molecule has 0 radical (unpaired) electrons. The largest absolute Gasteiger partial charge is 0.481 e. The highest BCUT2D eigenvalue weighted by Crippen LogP contribution is 2.33. The van der Waals surface area contributed by atoms with E-state index in [1.165, 1.54) is 11.1 Å². The maximum absolute atomic E-state index is 10.8. The number of carbonyl (C=O) groups is 1. The van der Waals surface area contributed by atoms with Crippen molar-refractivity contribution in [2.75, 3.05) is 19.7 Å². The average molecular weight is 289 g/mol. The maximum atomic E-state index is 10.8. The van der Waals surface area contributed by atoms with Gasteiger partial charge in [0.15, 0.2) is 0 Å². The molecule has 2 aliphatic rings. The average Bonchev–Trinajstić information content (AvgIpc) is 2.52. The van der Waals surface area contributed by atoms with E-state index >= 15 is 0 Å². The van der Waals surface area contributed by atoms with E-state index in [9.17, 15) is 4.79 Å². The Balaban J connectivity index is 1.68. The van der Waals surface area contributed by atoms with Gasteiger partial charge in [0.2, 0.25) is 0 Å². The van der Waals surface area contributed by atoms with Crippen LogP contribution in [0.2, 0.25) is 0 Å². The summed E-state index contributed by atoms with van der Waals surface area (Å²) < 4.78 is 5.76. The van der Waals surface area contributed by atoms with Crippen molar-refractivity contribution in [2.24, 2.45) is 5.92 Å². The Morgan fingerprint density at radius 1 is 1.38 bits per heavy atom. The minimum Gasteiger partial charge on any atom is -0.481 e. The normalized spacial score (nSPS) is 26.3. The molecule has 4 heteroatoms. The first-order chi connectivity index (χ1) is 10.2. The fourth-order valence-electron chi connectivity index (χ4n) is 3.61. The quantitative estimate of drug-likeness (QED) is 0.926. The topological polar surface area (TPSA) is 49.8 Å². The number of hydrogen-bond donors (Lipinski definition) is 1. The lowest BCUT2D eigenvalue weighted by molar-refractivity contribution is -0.137. The van der Waals surface area contributed by atoms with Crippen LogP contribution >= 0.6 is 0 Å². The molecule has 2 atom stereocenters. The Morgan fingerprint density at radius 2 is 2.24 bits per heavy atom. The molecule has 2 unspecified atom stereocenters. The van der Waals surface area contributed by atoms with Crippen LogP contribution in [0.1, 0.15) is 42.9 Å². The van der Waals surface area contributed by atoms with Gasteiger partial charge in [0.25, 0.3) is 0 Å². The van der Waals surface area contributed by atoms with Crippen LogP contribution in [0.3, 0.4) is 0 Å². The predicted molar refractivity (Wildman–Crippen MR) is 80.0 cm³/mol. The van der Waals surface area contributed by atoms with Crippen LogP contribution in [0.25, 0.3) is 0 Å². The Morgan fingerprint density at radius 3 is 3.10 bits per heavy atom. The first-order valence-electron chi connectivity index (χ1n) is 7.85. The van der Waals surface area contributed by atoms with Crippen molar-refractivity contribution in [2.45, 2.75) is 38.3 Å². The van der Waals surface area contributed by atoms with Gasteiger partial charge in [-0.15, -0.1) is 0 Å². The molecule has 0 aliphatic carbocycles. The van der Waals surface area contributed by atoms with E-state index in [2.05, 4.69) is 29.2 Å². The predicted octanol–water partition coefficient (Wildman–Crippen LogP) is 2.83. The van der Waals surface area contributed by atoms with Crippen LogP contribution in [0.15, 0.2) is 24.3 Å². The number of carboxylic acid groups (broad SMARTS) is 1. The van der Waals surface area contributed by atoms with Crippen LogP contribution in [0.4, 0.5) is 0 Å². The van der Waals surface area contributed by atoms with Crippen molar-refractivity contribution >= 4 is 5.97 Å². The number of hydrogen-bond acceptors (Lipinski definition) is 3. The number of likely N-dealkylation sites (tertiary alicyclic amines) is 1. The van der Waals surface area contributed by atoms with E-state index in [1.54, 1.807) is 0 Å². The van der Waals surface area contributed by atoms with Gasteiger partial charge in [-0.3, -0.25) is 9.69 Å². The second-order valence-corrected chi connectivity index (χ2v) is 6.17. The molecular formula is C17H23NO3. The molecule has 1 aromatic carbocycles. The van der Waals surface area contributed by atoms with Gasteiger partial charge in [-0.1, -0.05) is 24.3 Å². The zero-order chi connectivity index (χ0) is 14.7. The molecule has 0 aromatic heterocycles. The highest BCUT2D eigenvalue weighted by molar-refractivity contribution is 5.66. The van der Waals surface area contributed by atoms with E-state index in [1.807, 2.05) is 0 Å². The lowest BCUT2D eigenvalue weighted by atomic mass is 9.90. The summed E-state index contributed by atoms with van der Waals surface area (Å²) in [6.07, 6.45) is 3.39. The van der Waals surface area contributed by atoms with Gasteiger partial charge in [-0.2, -0.15) is 0 Å². The number of fused-ring (bicyclic) bond motifs is 1. The minimum absolute atomic E-state index is 0.288. The van der Waals surface area contributed by atoms with Crippen molar-refractivity contribution in [1.82, 2.24) is 4.90 Å². The zero-order valence-corrected chi connectivity index (χ0v) is 12.3. The van der Waals surface area contributed by atoms with Crippen molar-refractivity contribution in [1.29, 1.82) is 0 Å². The number of rotatable bonds is 4. The Kier molecular flexibility index (Phi) is 4.56. The maximum Gasteiger partial charge on any atom is 0.303 e.